The Morgan fingerprint density at radius 3 is 2.65 bits per heavy atom. The van der Waals surface area contributed by atoms with Crippen molar-refractivity contribution in [2.75, 3.05) is 44.9 Å². The number of rotatable bonds is 8. The highest BCUT2D eigenvalue weighted by Gasteiger charge is 2.24. The van der Waals surface area contributed by atoms with E-state index < -0.39 is 0 Å². The zero-order valence-electron chi connectivity index (χ0n) is 19.9. The SMILES string of the molecule is CN1Cc2nc(-c3ccc(OCCCN4CCCCC4)cc3)nnc2N(Cc2cccnc2)C1. The predicted molar refractivity (Wildman–Crippen MR) is 132 cm³/mol. The molecule has 0 aliphatic carbocycles. The molecule has 8 nitrogen and oxygen atoms in total. The molecular formula is C26H33N7O. The van der Waals surface area contributed by atoms with Gasteiger partial charge in [0.05, 0.1) is 13.3 Å². The van der Waals surface area contributed by atoms with Gasteiger partial charge in [-0.1, -0.05) is 12.5 Å². The van der Waals surface area contributed by atoms with Gasteiger partial charge in [0.15, 0.2) is 11.6 Å². The van der Waals surface area contributed by atoms with Crippen molar-refractivity contribution in [3.8, 4) is 17.1 Å². The molecule has 34 heavy (non-hydrogen) atoms. The van der Waals surface area contributed by atoms with Crippen molar-refractivity contribution >= 4 is 5.82 Å². The van der Waals surface area contributed by atoms with E-state index in [9.17, 15) is 0 Å². The fourth-order valence-corrected chi connectivity index (χ4v) is 4.69. The van der Waals surface area contributed by atoms with Gasteiger partial charge in [-0.3, -0.25) is 9.88 Å². The van der Waals surface area contributed by atoms with Crippen molar-refractivity contribution in [1.29, 1.82) is 0 Å². The topological polar surface area (TPSA) is 70.5 Å². The van der Waals surface area contributed by atoms with E-state index in [0.29, 0.717) is 5.82 Å². The number of fused-ring (bicyclic) bond motifs is 1. The summed E-state index contributed by atoms with van der Waals surface area (Å²) in [6, 6.07) is 12.1. The molecule has 3 aromatic rings. The number of likely N-dealkylation sites (tertiary alicyclic amines) is 1. The highest BCUT2D eigenvalue weighted by Crippen LogP contribution is 2.27. The van der Waals surface area contributed by atoms with Crippen LogP contribution < -0.4 is 9.64 Å². The van der Waals surface area contributed by atoms with Gasteiger partial charge in [-0.25, -0.2) is 4.98 Å². The van der Waals surface area contributed by atoms with Crippen LogP contribution in [0.3, 0.4) is 0 Å². The number of nitrogens with zero attached hydrogens (tertiary/aromatic N) is 7. The number of hydrogen-bond donors (Lipinski definition) is 0. The van der Waals surface area contributed by atoms with E-state index in [4.69, 9.17) is 9.72 Å². The molecule has 0 atom stereocenters. The van der Waals surface area contributed by atoms with Crippen LogP contribution in [0.1, 0.15) is 36.9 Å². The minimum atomic E-state index is 0.645. The first kappa shape index (κ1) is 22.7. The minimum absolute atomic E-state index is 0.645. The standard InChI is InChI=1S/C26H33N7O/c1-31-19-24-26(33(20-31)18-21-7-5-12-27-17-21)30-29-25(28-24)22-8-10-23(11-9-22)34-16-6-15-32-13-3-2-4-14-32/h5,7-12,17H,2-4,6,13-16,18-20H2,1H3. The van der Waals surface area contributed by atoms with Crippen LogP contribution >= 0.6 is 0 Å². The molecule has 0 bridgehead atoms. The molecule has 1 fully saturated rings. The third-order valence-corrected chi connectivity index (χ3v) is 6.41. The summed E-state index contributed by atoms with van der Waals surface area (Å²) < 4.78 is 5.96. The second kappa shape index (κ2) is 10.9. The van der Waals surface area contributed by atoms with Crippen molar-refractivity contribution in [3.63, 3.8) is 0 Å². The molecule has 0 N–H and O–H groups in total. The van der Waals surface area contributed by atoms with E-state index in [2.05, 4.69) is 43.0 Å². The Morgan fingerprint density at radius 1 is 1.00 bits per heavy atom. The molecule has 0 unspecified atom stereocenters. The zero-order valence-corrected chi connectivity index (χ0v) is 19.9. The lowest BCUT2D eigenvalue weighted by molar-refractivity contribution is 0.205. The van der Waals surface area contributed by atoms with Crippen molar-refractivity contribution in [2.24, 2.45) is 0 Å². The molecular weight excluding hydrogens is 426 g/mol. The maximum Gasteiger partial charge on any atom is 0.182 e. The third-order valence-electron chi connectivity index (χ3n) is 6.41. The molecule has 0 amide bonds. The first-order valence-electron chi connectivity index (χ1n) is 12.3. The second-order valence-electron chi connectivity index (χ2n) is 9.25. The van der Waals surface area contributed by atoms with Crippen molar-refractivity contribution in [1.82, 2.24) is 30.0 Å². The number of anilines is 1. The largest absolute Gasteiger partial charge is 0.494 e. The van der Waals surface area contributed by atoms with Gasteiger partial charge >= 0.3 is 0 Å². The molecule has 0 radical (unpaired) electrons. The minimum Gasteiger partial charge on any atom is -0.494 e. The summed E-state index contributed by atoms with van der Waals surface area (Å²) >= 11 is 0. The summed E-state index contributed by atoms with van der Waals surface area (Å²) in [5.74, 6) is 2.38. The van der Waals surface area contributed by atoms with Crippen LogP contribution in [0.2, 0.25) is 0 Å². The lowest BCUT2D eigenvalue weighted by Gasteiger charge is -2.34. The molecule has 2 aromatic heterocycles. The Bertz CT molecular complexity index is 1050. The number of piperidine rings is 1. The van der Waals surface area contributed by atoms with E-state index in [1.807, 2.05) is 36.5 Å². The van der Waals surface area contributed by atoms with E-state index in [1.165, 1.54) is 32.4 Å². The van der Waals surface area contributed by atoms with E-state index in [1.54, 1.807) is 6.20 Å². The number of benzene rings is 1. The number of ether oxygens (including phenoxy) is 1. The van der Waals surface area contributed by atoms with Crippen molar-refractivity contribution in [2.45, 2.75) is 38.8 Å². The Morgan fingerprint density at radius 2 is 1.85 bits per heavy atom. The first-order chi connectivity index (χ1) is 16.7. The van der Waals surface area contributed by atoms with Crippen molar-refractivity contribution in [3.05, 3.63) is 60.0 Å². The van der Waals surface area contributed by atoms with Gasteiger partial charge in [-0.2, -0.15) is 0 Å². The Labute approximate surface area is 201 Å². The Balaban J connectivity index is 1.20. The van der Waals surface area contributed by atoms with Crippen LogP contribution in [-0.2, 0) is 13.1 Å². The van der Waals surface area contributed by atoms with Crippen LogP contribution in [0.15, 0.2) is 48.8 Å². The molecule has 4 heterocycles. The summed E-state index contributed by atoms with van der Waals surface area (Å²) in [6.07, 6.45) is 8.79. The van der Waals surface area contributed by atoms with Gasteiger partial charge < -0.3 is 14.5 Å². The molecule has 5 rings (SSSR count). The van der Waals surface area contributed by atoms with Gasteiger partial charge in [-0.05, 0) is 75.3 Å². The number of hydrogen-bond acceptors (Lipinski definition) is 8. The average Bonchev–Trinajstić information content (AvgIpc) is 2.88. The Hall–Kier alpha value is -3.10. The molecule has 0 spiro atoms. The van der Waals surface area contributed by atoms with Crippen LogP contribution in [-0.4, -0.2) is 69.9 Å². The zero-order chi connectivity index (χ0) is 23.2. The maximum atomic E-state index is 5.96. The van der Waals surface area contributed by atoms with Gasteiger partial charge in [0.25, 0.3) is 0 Å². The lowest BCUT2D eigenvalue weighted by atomic mass is 10.1. The molecule has 1 saturated heterocycles. The van der Waals surface area contributed by atoms with E-state index in [0.717, 1.165) is 67.7 Å². The molecule has 178 valence electrons. The summed E-state index contributed by atoms with van der Waals surface area (Å²) in [5.41, 5.74) is 3.03. The summed E-state index contributed by atoms with van der Waals surface area (Å²) in [5, 5.41) is 9.02. The van der Waals surface area contributed by atoms with Crippen LogP contribution in [0.5, 0.6) is 5.75 Å². The highest BCUT2D eigenvalue weighted by atomic mass is 16.5. The summed E-state index contributed by atoms with van der Waals surface area (Å²) in [7, 11) is 2.10. The molecule has 8 heteroatoms. The fourth-order valence-electron chi connectivity index (χ4n) is 4.69. The number of aromatic nitrogens is 4. The first-order valence-corrected chi connectivity index (χ1v) is 12.3. The van der Waals surface area contributed by atoms with Crippen LogP contribution in [0.25, 0.3) is 11.4 Å². The summed E-state index contributed by atoms with van der Waals surface area (Å²) in [4.78, 5) is 16.1. The van der Waals surface area contributed by atoms with Crippen LogP contribution in [0, 0.1) is 0 Å². The van der Waals surface area contributed by atoms with Gasteiger partial charge in [-0.15, -0.1) is 10.2 Å². The van der Waals surface area contributed by atoms with Gasteiger partial charge in [0.1, 0.15) is 11.4 Å². The van der Waals surface area contributed by atoms with Gasteiger partial charge in [0, 0.05) is 37.6 Å². The van der Waals surface area contributed by atoms with Crippen molar-refractivity contribution < 1.29 is 4.74 Å². The predicted octanol–water partition coefficient (Wildman–Crippen LogP) is 3.60. The Kier molecular flexibility index (Phi) is 7.26. The number of pyridine rings is 1. The quantitative estimate of drug-likeness (QED) is 0.473. The summed E-state index contributed by atoms with van der Waals surface area (Å²) in [6.45, 7) is 6.59. The molecule has 1 aromatic carbocycles. The smallest absolute Gasteiger partial charge is 0.182 e. The van der Waals surface area contributed by atoms with E-state index >= 15 is 0 Å². The second-order valence-corrected chi connectivity index (χ2v) is 9.25. The average molecular weight is 460 g/mol. The lowest BCUT2D eigenvalue weighted by Crippen LogP contribution is -2.41. The molecule has 0 saturated carbocycles. The highest BCUT2D eigenvalue weighted by molar-refractivity contribution is 5.58. The molecule has 2 aliphatic heterocycles. The van der Waals surface area contributed by atoms with Gasteiger partial charge in [0.2, 0.25) is 0 Å². The maximum absolute atomic E-state index is 5.96. The van der Waals surface area contributed by atoms with E-state index in [-0.39, 0.29) is 0 Å². The molecule has 2 aliphatic rings. The monoisotopic (exact) mass is 459 g/mol. The fraction of sp³-hybridized carbons (Fsp3) is 0.462. The third kappa shape index (κ3) is 5.69. The van der Waals surface area contributed by atoms with Crippen LogP contribution in [0.4, 0.5) is 5.82 Å². The normalized spacial score (nSPS) is 16.9.